The second-order valence-corrected chi connectivity index (χ2v) is 3.04. The van der Waals surface area contributed by atoms with Gasteiger partial charge in [-0.2, -0.15) is 5.26 Å². The number of hydrogen-bond donors (Lipinski definition) is 0. The maximum absolute atomic E-state index is 8.44. The highest BCUT2D eigenvalue weighted by Crippen LogP contribution is 2.30. The molecule has 1 aliphatic heterocycles. The molecule has 1 aliphatic carbocycles. The molecule has 2 heteroatoms. The van der Waals surface area contributed by atoms with Gasteiger partial charge >= 0.3 is 0 Å². The van der Waals surface area contributed by atoms with Crippen molar-refractivity contribution in [1.29, 1.82) is 5.26 Å². The van der Waals surface area contributed by atoms with Crippen LogP contribution in [0, 0.1) is 17.2 Å². The van der Waals surface area contributed by atoms with Crippen molar-refractivity contribution < 1.29 is 0 Å². The van der Waals surface area contributed by atoms with E-state index in [9.17, 15) is 0 Å². The molecule has 0 saturated carbocycles. The Morgan fingerprint density at radius 2 is 2.50 bits per heavy atom. The van der Waals surface area contributed by atoms with Crippen molar-refractivity contribution in [3.63, 3.8) is 0 Å². The molecule has 0 amide bonds. The van der Waals surface area contributed by atoms with Crippen LogP contribution in [0.4, 0.5) is 0 Å². The Balaban J connectivity index is 2.04. The Morgan fingerprint density at radius 3 is 3.00 bits per heavy atom. The predicted molar refractivity (Wildman–Crippen MR) is 38.2 cm³/mol. The van der Waals surface area contributed by atoms with Crippen molar-refractivity contribution in [2.75, 3.05) is 13.1 Å². The lowest BCUT2D eigenvalue weighted by Crippen LogP contribution is -2.29. The van der Waals surface area contributed by atoms with E-state index in [2.05, 4.69) is 23.1 Å². The van der Waals surface area contributed by atoms with Gasteiger partial charge in [-0.05, 0) is 12.3 Å². The molecule has 0 radical (unpaired) electrons. The fourth-order valence-corrected chi connectivity index (χ4v) is 1.87. The number of rotatable bonds is 1. The topological polar surface area (TPSA) is 27.0 Å². The van der Waals surface area contributed by atoms with E-state index in [0.717, 1.165) is 12.5 Å². The number of nitriles is 1. The molecule has 2 nitrogen and oxygen atoms in total. The van der Waals surface area contributed by atoms with Crippen molar-refractivity contribution >= 4 is 0 Å². The fraction of sp³-hybridized carbons (Fsp3) is 0.625. The Labute approximate surface area is 60.7 Å². The summed E-state index contributed by atoms with van der Waals surface area (Å²) < 4.78 is 0. The van der Waals surface area contributed by atoms with Gasteiger partial charge in [0.05, 0.1) is 12.6 Å². The first-order valence-corrected chi connectivity index (χ1v) is 3.69. The average molecular weight is 134 g/mol. The average Bonchev–Trinajstić information content (AvgIpc) is 2.48. The molecule has 2 rings (SSSR count). The first kappa shape index (κ1) is 5.94. The SMILES string of the molecule is N#CCN1CC2C=CC1C2. The van der Waals surface area contributed by atoms with Gasteiger partial charge in [0.25, 0.3) is 0 Å². The van der Waals surface area contributed by atoms with Gasteiger partial charge in [0.2, 0.25) is 0 Å². The molecule has 1 saturated heterocycles. The molecule has 0 N–H and O–H groups in total. The minimum Gasteiger partial charge on any atom is -0.283 e. The van der Waals surface area contributed by atoms with Crippen LogP contribution in [0.25, 0.3) is 0 Å². The van der Waals surface area contributed by atoms with Gasteiger partial charge in [0.1, 0.15) is 0 Å². The van der Waals surface area contributed by atoms with Crippen LogP contribution in [0.15, 0.2) is 12.2 Å². The summed E-state index contributed by atoms with van der Waals surface area (Å²) in [5.74, 6) is 0.748. The van der Waals surface area contributed by atoms with Crippen molar-refractivity contribution in [1.82, 2.24) is 4.90 Å². The van der Waals surface area contributed by atoms with Gasteiger partial charge < -0.3 is 0 Å². The molecule has 2 unspecified atom stereocenters. The molecule has 0 aromatic carbocycles. The van der Waals surface area contributed by atoms with Gasteiger partial charge in [-0.1, -0.05) is 12.2 Å². The van der Waals surface area contributed by atoms with E-state index in [4.69, 9.17) is 5.26 Å². The molecular formula is C8H10N2. The second-order valence-electron chi connectivity index (χ2n) is 3.04. The van der Waals surface area contributed by atoms with Crippen molar-refractivity contribution in [3.8, 4) is 6.07 Å². The third-order valence-corrected chi connectivity index (χ3v) is 2.36. The van der Waals surface area contributed by atoms with Crippen LogP contribution < -0.4 is 0 Å². The Kier molecular flexibility index (Phi) is 1.25. The number of fused-ring (bicyclic) bond motifs is 2. The van der Waals surface area contributed by atoms with E-state index in [1.807, 2.05) is 0 Å². The van der Waals surface area contributed by atoms with E-state index in [0.29, 0.717) is 12.6 Å². The smallest absolute Gasteiger partial charge is 0.0871 e. The Morgan fingerprint density at radius 1 is 1.60 bits per heavy atom. The molecule has 1 heterocycles. The monoisotopic (exact) mass is 134 g/mol. The highest BCUT2D eigenvalue weighted by Gasteiger charge is 2.32. The van der Waals surface area contributed by atoms with Crippen molar-refractivity contribution in [2.24, 2.45) is 5.92 Å². The number of nitrogens with zero attached hydrogens (tertiary/aromatic N) is 2. The Hall–Kier alpha value is -0.810. The summed E-state index contributed by atoms with van der Waals surface area (Å²) in [4.78, 5) is 2.24. The first-order chi connectivity index (χ1) is 4.90. The van der Waals surface area contributed by atoms with Crippen LogP contribution in [-0.4, -0.2) is 24.0 Å². The lowest BCUT2D eigenvalue weighted by molar-refractivity contribution is 0.314. The van der Waals surface area contributed by atoms with Crippen LogP contribution in [0.2, 0.25) is 0 Å². The summed E-state index contributed by atoms with van der Waals surface area (Å²) in [5.41, 5.74) is 0. The maximum Gasteiger partial charge on any atom is 0.0871 e. The van der Waals surface area contributed by atoms with Gasteiger partial charge in [0.15, 0.2) is 0 Å². The van der Waals surface area contributed by atoms with Crippen LogP contribution in [-0.2, 0) is 0 Å². The minimum atomic E-state index is 0.588. The van der Waals surface area contributed by atoms with Crippen LogP contribution in [0.5, 0.6) is 0 Å². The number of hydrogen-bond acceptors (Lipinski definition) is 2. The summed E-state index contributed by atoms with van der Waals surface area (Å²) in [6.45, 7) is 1.71. The molecular weight excluding hydrogens is 124 g/mol. The lowest BCUT2D eigenvalue weighted by Gasteiger charge is -2.19. The molecule has 2 aliphatic rings. The molecule has 2 bridgehead atoms. The quantitative estimate of drug-likeness (QED) is 0.391. The standard InChI is InChI=1S/C8H10N2/c9-3-4-10-6-7-1-2-8(10)5-7/h1-2,7-8H,4-6H2. The van der Waals surface area contributed by atoms with E-state index in [-0.39, 0.29) is 0 Å². The summed E-state index contributed by atoms with van der Waals surface area (Å²) >= 11 is 0. The van der Waals surface area contributed by atoms with Crippen LogP contribution in [0.3, 0.4) is 0 Å². The van der Waals surface area contributed by atoms with E-state index < -0.39 is 0 Å². The highest BCUT2D eigenvalue weighted by atomic mass is 15.2. The molecule has 1 fully saturated rings. The summed E-state index contributed by atoms with van der Waals surface area (Å²) in [7, 11) is 0. The van der Waals surface area contributed by atoms with Crippen molar-refractivity contribution in [2.45, 2.75) is 12.5 Å². The molecule has 52 valence electrons. The van der Waals surface area contributed by atoms with Crippen LogP contribution in [0.1, 0.15) is 6.42 Å². The summed E-state index contributed by atoms with van der Waals surface area (Å²) in [5, 5.41) is 8.44. The largest absolute Gasteiger partial charge is 0.283 e. The molecule has 0 aromatic rings. The zero-order chi connectivity index (χ0) is 6.97. The minimum absolute atomic E-state index is 0.588. The zero-order valence-electron chi connectivity index (χ0n) is 5.83. The van der Waals surface area contributed by atoms with Gasteiger partial charge in [-0.3, -0.25) is 4.90 Å². The van der Waals surface area contributed by atoms with Crippen LogP contribution >= 0.6 is 0 Å². The van der Waals surface area contributed by atoms with E-state index in [1.165, 1.54) is 6.42 Å². The number of likely N-dealkylation sites (tertiary alicyclic amines) is 1. The first-order valence-electron chi connectivity index (χ1n) is 3.69. The van der Waals surface area contributed by atoms with Gasteiger partial charge in [-0.15, -0.1) is 0 Å². The lowest BCUT2D eigenvalue weighted by atomic mass is 10.2. The van der Waals surface area contributed by atoms with Gasteiger partial charge in [-0.25, -0.2) is 0 Å². The second kappa shape index (κ2) is 2.10. The predicted octanol–water partition coefficient (Wildman–Crippen LogP) is 0.770. The van der Waals surface area contributed by atoms with Gasteiger partial charge in [0, 0.05) is 12.6 Å². The molecule has 2 atom stereocenters. The molecule has 0 aromatic heterocycles. The third kappa shape index (κ3) is 0.748. The zero-order valence-corrected chi connectivity index (χ0v) is 5.83. The molecule has 10 heavy (non-hydrogen) atoms. The molecule has 0 spiro atoms. The summed E-state index contributed by atoms with van der Waals surface area (Å²) in [6.07, 6.45) is 5.76. The van der Waals surface area contributed by atoms with E-state index >= 15 is 0 Å². The highest BCUT2D eigenvalue weighted by molar-refractivity contribution is 5.13. The summed E-state index contributed by atoms with van der Waals surface area (Å²) in [6, 6.07) is 2.77. The fourth-order valence-electron chi connectivity index (χ4n) is 1.87. The third-order valence-electron chi connectivity index (χ3n) is 2.36. The normalized spacial score (nSPS) is 36.7. The van der Waals surface area contributed by atoms with E-state index in [1.54, 1.807) is 0 Å². The Bertz CT molecular complexity index is 202. The van der Waals surface area contributed by atoms with Crippen molar-refractivity contribution in [3.05, 3.63) is 12.2 Å². The maximum atomic E-state index is 8.44.